The zero-order valence-corrected chi connectivity index (χ0v) is 21.1. The SMILES string of the molecule is Nc1ncnc2c1ncn2[C@H]1C[C@H](OP(=O)(O)OC[C@H]2O[C@@H](n3cnc4c(N)ncnc43)C[C@@H]2O)[C@@H](CO)O1. The predicted molar refractivity (Wildman–Crippen MR) is 130 cm³/mol. The normalized spacial score (nSPS) is 28.9. The van der Waals surface area contributed by atoms with Crippen molar-refractivity contribution >= 4 is 41.8 Å². The van der Waals surface area contributed by atoms with Gasteiger partial charge in [-0.2, -0.15) is 0 Å². The number of imidazole rings is 2. The number of aliphatic hydroxyl groups is 2. The van der Waals surface area contributed by atoms with Gasteiger partial charge < -0.3 is 36.0 Å². The quantitative estimate of drug-likeness (QED) is 0.165. The van der Waals surface area contributed by atoms with Crippen molar-refractivity contribution in [3.8, 4) is 0 Å². The summed E-state index contributed by atoms with van der Waals surface area (Å²) in [5.74, 6) is 0.391. The van der Waals surface area contributed by atoms with Crippen molar-refractivity contribution in [3.63, 3.8) is 0 Å². The van der Waals surface area contributed by atoms with Gasteiger partial charge in [0.1, 0.15) is 54.5 Å². The summed E-state index contributed by atoms with van der Waals surface area (Å²) in [6.45, 7) is -0.928. The number of nitrogen functional groups attached to an aromatic ring is 2. The summed E-state index contributed by atoms with van der Waals surface area (Å²) in [5.41, 5.74) is 13.2. The first-order chi connectivity index (χ1) is 18.7. The molecule has 2 saturated heterocycles. The molecule has 39 heavy (non-hydrogen) atoms. The van der Waals surface area contributed by atoms with Gasteiger partial charge in [0, 0.05) is 12.8 Å². The van der Waals surface area contributed by atoms with Gasteiger partial charge in [-0.15, -0.1) is 0 Å². The van der Waals surface area contributed by atoms with Crippen molar-refractivity contribution in [2.24, 2.45) is 0 Å². The van der Waals surface area contributed by atoms with E-state index in [-0.39, 0.29) is 24.5 Å². The minimum absolute atomic E-state index is 0.0812. The molecule has 18 nitrogen and oxygen atoms in total. The third-order valence-corrected chi connectivity index (χ3v) is 7.64. The van der Waals surface area contributed by atoms with Gasteiger partial charge in [-0.3, -0.25) is 18.2 Å². The highest BCUT2D eigenvalue weighted by atomic mass is 31.2. The molecule has 7 N–H and O–H groups in total. The van der Waals surface area contributed by atoms with Crippen molar-refractivity contribution in [2.75, 3.05) is 24.7 Å². The maximum atomic E-state index is 12.8. The molecular weight excluding hydrogens is 539 g/mol. The van der Waals surface area contributed by atoms with E-state index in [4.69, 9.17) is 30.0 Å². The van der Waals surface area contributed by atoms with Crippen LogP contribution in [0.3, 0.4) is 0 Å². The maximum absolute atomic E-state index is 12.8. The number of nitrogens with zero attached hydrogens (tertiary/aromatic N) is 8. The monoisotopic (exact) mass is 564 g/mol. The Labute approximate surface area is 219 Å². The van der Waals surface area contributed by atoms with Crippen molar-refractivity contribution in [2.45, 2.75) is 49.7 Å². The summed E-state index contributed by atoms with van der Waals surface area (Å²) in [4.78, 5) is 34.9. The number of aliphatic hydroxyl groups excluding tert-OH is 2. The van der Waals surface area contributed by atoms with Gasteiger partial charge in [-0.25, -0.2) is 34.5 Å². The Balaban J connectivity index is 1.09. The molecular formula is C20H25N10O8P. The molecule has 0 amide bonds. The molecule has 1 unspecified atom stereocenters. The highest BCUT2D eigenvalue weighted by Crippen LogP contribution is 2.49. The first-order valence-corrected chi connectivity index (χ1v) is 13.3. The van der Waals surface area contributed by atoms with Crippen LogP contribution in [0, 0.1) is 0 Å². The minimum Gasteiger partial charge on any atom is -0.394 e. The average Bonchev–Trinajstić information content (AvgIpc) is 3.68. The molecule has 19 heteroatoms. The van der Waals surface area contributed by atoms with E-state index in [1.54, 1.807) is 9.13 Å². The number of rotatable bonds is 8. The molecule has 0 radical (unpaired) electrons. The van der Waals surface area contributed by atoms with Crippen molar-refractivity contribution in [1.29, 1.82) is 0 Å². The first-order valence-electron chi connectivity index (χ1n) is 11.9. The molecule has 4 aromatic heterocycles. The molecule has 0 saturated carbocycles. The maximum Gasteiger partial charge on any atom is 0.472 e. The van der Waals surface area contributed by atoms with Crippen LogP contribution in [-0.4, -0.2) is 91.8 Å². The Morgan fingerprint density at radius 3 is 2.08 bits per heavy atom. The van der Waals surface area contributed by atoms with Gasteiger partial charge in [0.05, 0.1) is 32.0 Å². The highest BCUT2D eigenvalue weighted by Gasteiger charge is 2.43. The number of aromatic nitrogens is 8. The van der Waals surface area contributed by atoms with Crippen molar-refractivity contribution in [3.05, 3.63) is 25.3 Å². The van der Waals surface area contributed by atoms with E-state index in [0.717, 1.165) is 0 Å². The van der Waals surface area contributed by atoms with Gasteiger partial charge in [-0.05, 0) is 0 Å². The lowest BCUT2D eigenvalue weighted by Gasteiger charge is -2.21. The summed E-state index contributed by atoms with van der Waals surface area (Å²) in [7, 11) is -4.66. The van der Waals surface area contributed by atoms with Crippen molar-refractivity contribution < 1.29 is 38.2 Å². The minimum atomic E-state index is -4.66. The summed E-state index contributed by atoms with van der Waals surface area (Å²) < 4.78 is 38.2. The molecule has 208 valence electrons. The Morgan fingerprint density at radius 1 is 0.923 bits per heavy atom. The first kappa shape index (κ1) is 25.9. The van der Waals surface area contributed by atoms with Crippen LogP contribution in [0.5, 0.6) is 0 Å². The number of anilines is 2. The third-order valence-electron chi connectivity index (χ3n) is 6.63. The average molecular weight is 564 g/mol. The lowest BCUT2D eigenvalue weighted by molar-refractivity contribution is -0.0554. The van der Waals surface area contributed by atoms with E-state index in [2.05, 4.69) is 29.9 Å². The molecule has 0 spiro atoms. The van der Waals surface area contributed by atoms with E-state index in [1.807, 2.05) is 0 Å². The molecule has 2 aliphatic heterocycles. The van der Waals surface area contributed by atoms with Crippen LogP contribution in [0.1, 0.15) is 25.3 Å². The number of hydrogen-bond donors (Lipinski definition) is 5. The molecule has 2 aliphatic rings. The van der Waals surface area contributed by atoms with Gasteiger partial charge in [0.15, 0.2) is 22.9 Å². The number of fused-ring (bicyclic) bond motifs is 2. The second-order valence-corrected chi connectivity index (χ2v) is 10.5. The number of nitrogens with two attached hydrogens (primary N) is 2. The lowest BCUT2D eigenvalue weighted by Crippen LogP contribution is -2.29. The standard InChI is InChI=1S/C20H25N10O8P/c21-17-15-19(25-5-23-17)29(7-27-15)13-1-9(32)12(37-13)4-35-39(33,34)38-10-2-14(36-11(10)3-31)30-8-28-16-18(22)24-6-26-20(16)30/h5-14,31-32H,1-4H2,(H,33,34)(H2,21,23,25)(H2,22,24,26)/t9-,10-,11+,12+,13+,14+/m0/s1. The van der Waals surface area contributed by atoms with E-state index in [1.165, 1.54) is 25.3 Å². The van der Waals surface area contributed by atoms with Gasteiger partial charge >= 0.3 is 7.82 Å². The molecule has 0 bridgehead atoms. The molecule has 0 aromatic carbocycles. The molecule has 6 heterocycles. The van der Waals surface area contributed by atoms with E-state index < -0.39 is 57.9 Å². The summed E-state index contributed by atoms with van der Waals surface area (Å²) in [5, 5.41) is 20.3. The second kappa shape index (κ2) is 10.00. The summed E-state index contributed by atoms with van der Waals surface area (Å²) in [6, 6.07) is 0. The Bertz CT molecular complexity index is 1550. The van der Waals surface area contributed by atoms with Gasteiger partial charge in [0.2, 0.25) is 0 Å². The molecule has 4 aromatic rings. The van der Waals surface area contributed by atoms with Crippen LogP contribution in [-0.2, 0) is 23.1 Å². The number of phosphoric ester groups is 1. The second-order valence-electron chi connectivity index (χ2n) is 9.05. The number of phosphoric acid groups is 1. The van der Waals surface area contributed by atoms with E-state index in [0.29, 0.717) is 22.3 Å². The highest BCUT2D eigenvalue weighted by molar-refractivity contribution is 7.47. The van der Waals surface area contributed by atoms with Gasteiger partial charge in [-0.1, -0.05) is 0 Å². The molecule has 2 fully saturated rings. The fourth-order valence-corrected chi connectivity index (χ4v) is 5.67. The van der Waals surface area contributed by atoms with Crippen LogP contribution in [0.25, 0.3) is 22.3 Å². The largest absolute Gasteiger partial charge is 0.472 e. The van der Waals surface area contributed by atoms with Crippen LogP contribution < -0.4 is 11.5 Å². The Morgan fingerprint density at radius 2 is 1.49 bits per heavy atom. The Hall–Kier alpha value is -3.35. The van der Waals surface area contributed by atoms with Gasteiger partial charge in [0.25, 0.3) is 0 Å². The number of hydrogen-bond acceptors (Lipinski definition) is 15. The summed E-state index contributed by atoms with van der Waals surface area (Å²) >= 11 is 0. The lowest BCUT2D eigenvalue weighted by atomic mass is 10.2. The predicted octanol–water partition coefficient (Wildman–Crippen LogP) is -0.739. The topological polar surface area (TPSA) is 254 Å². The smallest absolute Gasteiger partial charge is 0.394 e. The van der Waals surface area contributed by atoms with E-state index in [9.17, 15) is 19.7 Å². The zero-order chi connectivity index (χ0) is 27.3. The van der Waals surface area contributed by atoms with E-state index >= 15 is 0 Å². The van der Waals surface area contributed by atoms with Crippen LogP contribution >= 0.6 is 7.82 Å². The molecule has 0 aliphatic carbocycles. The molecule has 7 atom stereocenters. The number of ether oxygens (including phenoxy) is 2. The fraction of sp³-hybridized carbons (Fsp3) is 0.500. The van der Waals surface area contributed by atoms with Crippen molar-refractivity contribution in [1.82, 2.24) is 39.0 Å². The van der Waals surface area contributed by atoms with Crippen LogP contribution in [0.4, 0.5) is 11.6 Å². The van der Waals surface area contributed by atoms with Crippen LogP contribution in [0.2, 0.25) is 0 Å². The third kappa shape index (κ3) is 4.81. The molecule has 6 rings (SSSR count). The summed E-state index contributed by atoms with van der Waals surface area (Å²) in [6.07, 6.45) is 0.436. The fourth-order valence-electron chi connectivity index (χ4n) is 4.71. The zero-order valence-electron chi connectivity index (χ0n) is 20.2. The van der Waals surface area contributed by atoms with Crippen LogP contribution in [0.15, 0.2) is 25.3 Å². The Kier molecular flexibility index (Phi) is 6.64.